The maximum Gasteiger partial charge on any atom is 1.00 e. The molecule has 0 heterocycles. The molecule has 0 N–H and O–H groups in total. The molecular formula is C6H16AlNaO3. The second kappa shape index (κ2) is 11.4. The summed E-state index contributed by atoms with van der Waals surface area (Å²) >= 11 is -2.07. The van der Waals surface area contributed by atoms with Crippen molar-refractivity contribution in [2.45, 2.75) is 20.8 Å². The quantitative estimate of drug-likeness (QED) is 0.441. The van der Waals surface area contributed by atoms with Crippen molar-refractivity contribution in [2.24, 2.45) is 0 Å². The Balaban J connectivity index is 0. The van der Waals surface area contributed by atoms with Crippen LogP contribution in [0.3, 0.4) is 0 Å². The average molecular weight is 186 g/mol. The molecule has 0 amide bonds. The molecule has 0 rings (SSSR count). The Kier molecular flexibility index (Phi) is 15.5. The van der Waals surface area contributed by atoms with Crippen LogP contribution in [0.25, 0.3) is 0 Å². The van der Waals surface area contributed by atoms with E-state index >= 15 is 0 Å². The van der Waals surface area contributed by atoms with Gasteiger partial charge in [0.15, 0.2) is 0 Å². The van der Waals surface area contributed by atoms with Gasteiger partial charge < -0.3 is 11.4 Å². The van der Waals surface area contributed by atoms with Gasteiger partial charge in [0, 0.05) is 0 Å². The third kappa shape index (κ3) is 9.33. The number of hydrogen-bond donors (Lipinski definition) is 0. The molecule has 5 heteroatoms. The van der Waals surface area contributed by atoms with Crippen LogP contribution in [0, 0.1) is 0 Å². The maximum absolute atomic E-state index is 5.25. The van der Waals surface area contributed by atoms with Crippen LogP contribution in [0.15, 0.2) is 0 Å². The summed E-state index contributed by atoms with van der Waals surface area (Å²) < 4.78 is 15.8. The van der Waals surface area contributed by atoms with Gasteiger partial charge in [0.2, 0.25) is 0 Å². The van der Waals surface area contributed by atoms with E-state index in [1.807, 2.05) is 20.8 Å². The molecule has 0 aliphatic rings. The first kappa shape index (κ1) is 14.9. The summed E-state index contributed by atoms with van der Waals surface area (Å²) in [5, 5.41) is 0. The van der Waals surface area contributed by atoms with Crippen molar-refractivity contribution in [1.82, 2.24) is 0 Å². The van der Waals surface area contributed by atoms with E-state index in [-0.39, 0.29) is 29.6 Å². The van der Waals surface area contributed by atoms with Crippen molar-refractivity contribution in [3.63, 3.8) is 0 Å². The zero-order valence-electron chi connectivity index (χ0n) is 8.05. The molecular weight excluding hydrogens is 170 g/mol. The Bertz CT molecular complexity index is 60.6. The van der Waals surface area contributed by atoms with Gasteiger partial charge in [-0.15, -0.1) is 0 Å². The van der Waals surface area contributed by atoms with E-state index in [2.05, 4.69) is 0 Å². The standard InChI is InChI=1S/3C2H5O.Al.Na.H/c3*1-2-3;;;/h3*2H2,1H3;;;/q3*-1;+2;+1;. The molecule has 0 spiro atoms. The molecule has 0 aliphatic heterocycles. The van der Waals surface area contributed by atoms with Crippen molar-refractivity contribution in [3.05, 3.63) is 0 Å². The molecule has 11 heavy (non-hydrogen) atoms. The van der Waals surface area contributed by atoms with Gasteiger partial charge in [0.25, 0.3) is 0 Å². The molecule has 0 saturated heterocycles. The van der Waals surface area contributed by atoms with E-state index in [1.54, 1.807) is 0 Å². The predicted molar refractivity (Wildman–Crippen MR) is 42.0 cm³/mol. The van der Waals surface area contributed by atoms with E-state index < -0.39 is 15.1 Å². The summed E-state index contributed by atoms with van der Waals surface area (Å²) in [6.07, 6.45) is 0. The molecule has 3 nitrogen and oxygen atoms in total. The van der Waals surface area contributed by atoms with E-state index in [1.165, 1.54) is 0 Å². The van der Waals surface area contributed by atoms with Gasteiger partial charge in [-0.3, -0.25) is 0 Å². The Hall–Kier alpha value is 1.41. The van der Waals surface area contributed by atoms with E-state index in [0.717, 1.165) is 0 Å². The average Bonchev–Trinajstić information content (AvgIpc) is 1.90. The Morgan fingerprint density at radius 3 is 1.27 bits per heavy atom. The van der Waals surface area contributed by atoms with Crippen LogP contribution in [0.2, 0.25) is 0 Å². The fourth-order valence-corrected chi connectivity index (χ4v) is 2.03. The summed E-state index contributed by atoms with van der Waals surface area (Å²) in [4.78, 5) is 0. The third-order valence-corrected chi connectivity index (χ3v) is 3.34. The first-order valence-corrected chi connectivity index (χ1v) is 5.59. The van der Waals surface area contributed by atoms with Crippen molar-refractivity contribution in [3.8, 4) is 0 Å². The van der Waals surface area contributed by atoms with Crippen molar-refractivity contribution in [1.29, 1.82) is 0 Å². The molecule has 0 atom stereocenters. The summed E-state index contributed by atoms with van der Waals surface area (Å²) in [6.45, 7) is 7.94. The van der Waals surface area contributed by atoms with Gasteiger partial charge in [-0.1, -0.05) is 0 Å². The SMILES string of the molecule is CC[O][AlH-]([O]CC)[O]CC.[Na+]. The second-order valence-electron chi connectivity index (χ2n) is 1.83. The minimum absolute atomic E-state index is 0. The molecule has 0 aromatic rings. The van der Waals surface area contributed by atoms with Crippen LogP contribution in [-0.4, -0.2) is 35.0 Å². The second-order valence-corrected chi connectivity index (χ2v) is 3.76. The molecule has 0 unspecified atom stereocenters. The molecule has 0 aromatic carbocycles. The normalized spacial score (nSPS) is 9.82. The number of rotatable bonds is 6. The molecule has 0 aromatic heterocycles. The first-order valence-electron chi connectivity index (χ1n) is 3.85. The van der Waals surface area contributed by atoms with E-state index in [0.29, 0.717) is 19.8 Å². The molecule has 0 fully saturated rings. The summed E-state index contributed by atoms with van der Waals surface area (Å²) in [7, 11) is 0. The molecule has 62 valence electrons. The van der Waals surface area contributed by atoms with Crippen LogP contribution in [0.1, 0.15) is 20.8 Å². The molecule has 0 aliphatic carbocycles. The van der Waals surface area contributed by atoms with Gasteiger partial charge >= 0.3 is 44.7 Å². The van der Waals surface area contributed by atoms with Crippen LogP contribution in [0.5, 0.6) is 0 Å². The third-order valence-electron chi connectivity index (χ3n) is 1.11. The van der Waals surface area contributed by atoms with Crippen LogP contribution in [0.4, 0.5) is 0 Å². The Morgan fingerprint density at radius 2 is 1.09 bits per heavy atom. The van der Waals surface area contributed by atoms with Crippen LogP contribution in [-0.2, 0) is 11.4 Å². The van der Waals surface area contributed by atoms with Gasteiger partial charge in [0.1, 0.15) is 0 Å². The number of hydrogen-bond acceptors (Lipinski definition) is 3. The monoisotopic (exact) mass is 186 g/mol. The minimum Gasteiger partial charge on any atom is -0.616 e. The maximum atomic E-state index is 5.25. The van der Waals surface area contributed by atoms with Crippen LogP contribution >= 0.6 is 0 Å². The first-order chi connectivity index (χ1) is 4.85. The largest absolute Gasteiger partial charge is 1.00 e. The van der Waals surface area contributed by atoms with E-state index in [4.69, 9.17) is 11.4 Å². The smallest absolute Gasteiger partial charge is 0.616 e. The van der Waals surface area contributed by atoms with Crippen molar-refractivity contribution in [2.75, 3.05) is 19.8 Å². The topological polar surface area (TPSA) is 27.7 Å². The van der Waals surface area contributed by atoms with Gasteiger partial charge in [-0.25, -0.2) is 0 Å². The van der Waals surface area contributed by atoms with Crippen LogP contribution < -0.4 is 29.6 Å². The van der Waals surface area contributed by atoms with Gasteiger partial charge in [-0.05, 0) is 40.6 Å². The fraction of sp³-hybridized carbons (Fsp3) is 1.00. The van der Waals surface area contributed by atoms with Gasteiger partial charge in [0.05, 0.1) is 0 Å². The summed E-state index contributed by atoms with van der Waals surface area (Å²) in [6, 6.07) is 0. The summed E-state index contributed by atoms with van der Waals surface area (Å²) in [5.74, 6) is 0. The fourth-order valence-electron chi connectivity index (χ4n) is 0.677. The van der Waals surface area contributed by atoms with Crippen molar-refractivity contribution < 1.29 is 40.9 Å². The van der Waals surface area contributed by atoms with Gasteiger partial charge in [-0.2, -0.15) is 0 Å². The Morgan fingerprint density at radius 1 is 0.818 bits per heavy atom. The zero-order valence-corrected chi connectivity index (χ0v) is 11.5. The van der Waals surface area contributed by atoms with Crippen molar-refractivity contribution >= 4 is 15.1 Å². The predicted octanol–water partition coefficient (Wildman–Crippen LogP) is -2.18. The van der Waals surface area contributed by atoms with E-state index in [9.17, 15) is 0 Å². The zero-order chi connectivity index (χ0) is 7.82. The molecule has 0 radical (unpaired) electrons. The Labute approximate surface area is 96.1 Å². The molecule has 0 bridgehead atoms. The molecule has 0 saturated carbocycles. The summed E-state index contributed by atoms with van der Waals surface area (Å²) in [5.41, 5.74) is 0. The minimum atomic E-state index is -2.07.